The van der Waals surface area contributed by atoms with Crippen LogP contribution in [0.25, 0.3) is 0 Å². The number of likely N-dealkylation sites (N-methyl/N-ethyl adjacent to an activating group) is 1. The van der Waals surface area contributed by atoms with Gasteiger partial charge in [-0.05, 0) is 27.3 Å². The highest BCUT2D eigenvalue weighted by atomic mass is 16.2. The lowest BCUT2D eigenvalue weighted by Crippen LogP contribution is -2.42. The van der Waals surface area contributed by atoms with E-state index in [1.807, 2.05) is 32.7 Å². The minimum Gasteiger partial charge on any atom is -0.353 e. The van der Waals surface area contributed by atoms with E-state index in [2.05, 4.69) is 11.4 Å². The van der Waals surface area contributed by atoms with Gasteiger partial charge in [0.05, 0.1) is 19.0 Å². The molecule has 2 atom stereocenters. The third-order valence-electron chi connectivity index (χ3n) is 2.55. The van der Waals surface area contributed by atoms with Gasteiger partial charge in [0.1, 0.15) is 0 Å². The van der Waals surface area contributed by atoms with Crippen LogP contribution < -0.4 is 5.32 Å². The maximum Gasteiger partial charge on any atom is 0.234 e. The minimum absolute atomic E-state index is 0.0247. The van der Waals surface area contributed by atoms with Crippen molar-refractivity contribution in [3.8, 4) is 6.07 Å². The number of carbonyl (C=O) groups is 1. The summed E-state index contributed by atoms with van der Waals surface area (Å²) in [5, 5.41) is 11.4. The van der Waals surface area contributed by atoms with E-state index in [1.165, 1.54) is 0 Å². The first-order chi connectivity index (χ1) is 7.01. The summed E-state index contributed by atoms with van der Waals surface area (Å²) in [7, 11) is 1.86. The fourth-order valence-corrected chi connectivity index (χ4v) is 1.09. The summed E-state index contributed by atoms with van der Waals surface area (Å²) in [4.78, 5) is 13.4. The third kappa shape index (κ3) is 6.08. The Morgan fingerprint density at radius 1 is 1.53 bits per heavy atom. The summed E-state index contributed by atoms with van der Waals surface area (Å²) in [5.41, 5.74) is 0. The van der Waals surface area contributed by atoms with Crippen molar-refractivity contribution in [1.82, 2.24) is 10.2 Å². The van der Waals surface area contributed by atoms with Crippen LogP contribution in [0.5, 0.6) is 0 Å². The molecule has 4 nitrogen and oxygen atoms in total. The summed E-state index contributed by atoms with van der Waals surface area (Å²) >= 11 is 0. The van der Waals surface area contributed by atoms with Crippen LogP contribution in [0.15, 0.2) is 0 Å². The first-order valence-electron chi connectivity index (χ1n) is 5.37. The molecule has 0 spiro atoms. The molecule has 0 bridgehead atoms. The first-order valence-corrected chi connectivity index (χ1v) is 5.37. The molecule has 0 aliphatic carbocycles. The lowest BCUT2D eigenvalue weighted by molar-refractivity contribution is -0.123. The predicted molar refractivity (Wildman–Crippen MR) is 60.2 cm³/mol. The Kier molecular flexibility index (Phi) is 6.72. The molecule has 2 unspecified atom stereocenters. The van der Waals surface area contributed by atoms with Crippen molar-refractivity contribution in [2.45, 2.75) is 45.7 Å². The van der Waals surface area contributed by atoms with E-state index in [1.54, 1.807) is 0 Å². The van der Waals surface area contributed by atoms with Gasteiger partial charge in [0, 0.05) is 12.1 Å². The summed E-state index contributed by atoms with van der Waals surface area (Å²) in [6.07, 6.45) is 1.39. The molecule has 15 heavy (non-hydrogen) atoms. The van der Waals surface area contributed by atoms with Crippen molar-refractivity contribution < 1.29 is 4.79 Å². The van der Waals surface area contributed by atoms with E-state index in [0.717, 1.165) is 6.42 Å². The number of carbonyl (C=O) groups excluding carboxylic acids is 1. The van der Waals surface area contributed by atoms with Crippen LogP contribution in [0.4, 0.5) is 0 Å². The summed E-state index contributed by atoms with van der Waals surface area (Å²) < 4.78 is 0. The number of hydrogen-bond donors (Lipinski definition) is 1. The number of nitrogens with zero attached hydrogens (tertiary/aromatic N) is 2. The first kappa shape index (κ1) is 13.9. The van der Waals surface area contributed by atoms with Crippen LogP contribution >= 0.6 is 0 Å². The zero-order valence-corrected chi connectivity index (χ0v) is 10.1. The summed E-state index contributed by atoms with van der Waals surface area (Å²) in [6, 6.07) is 2.44. The van der Waals surface area contributed by atoms with Gasteiger partial charge in [-0.3, -0.25) is 9.69 Å². The quantitative estimate of drug-likeness (QED) is 0.716. The number of nitrogens with one attached hydrogen (secondary N) is 1. The highest BCUT2D eigenvalue weighted by Crippen LogP contribution is 1.99. The lowest BCUT2D eigenvalue weighted by atomic mass is 10.2. The molecule has 0 aromatic carbocycles. The predicted octanol–water partition coefficient (Wildman–Crippen LogP) is 1.14. The van der Waals surface area contributed by atoms with Crippen molar-refractivity contribution in [3.05, 3.63) is 0 Å². The molecule has 0 saturated heterocycles. The molecule has 0 saturated carbocycles. The van der Waals surface area contributed by atoms with Crippen molar-refractivity contribution in [3.63, 3.8) is 0 Å². The highest BCUT2D eigenvalue weighted by molar-refractivity contribution is 5.78. The van der Waals surface area contributed by atoms with Gasteiger partial charge in [-0.15, -0.1) is 0 Å². The molecule has 0 radical (unpaired) electrons. The zero-order chi connectivity index (χ0) is 11.8. The van der Waals surface area contributed by atoms with E-state index in [4.69, 9.17) is 5.26 Å². The second kappa shape index (κ2) is 7.24. The fraction of sp³-hybridized carbons (Fsp3) is 0.818. The fourth-order valence-electron chi connectivity index (χ4n) is 1.09. The number of amides is 1. The Morgan fingerprint density at radius 2 is 2.13 bits per heavy atom. The van der Waals surface area contributed by atoms with E-state index >= 15 is 0 Å². The molecule has 1 amide bonds. The SMILES string of the molecule is CCC(C)NC(=O)CN(C)C(C)CC#N. The summed E-state index contributed by atoms with van der Waals surface area (Å²) in [6.45, 7) is 6.32. The Morgan fingerprint density at radius 3 is 2.60 bits per heavy atom. The Labute approximate surface area is 92.3 Å². The molecule has 0 rings (SSSR count). The molecule has 0 aromatic rings. The zero-order valence-electron chi connectivity index (χ0n) is 10.1. The molecule has 0 aliphatic heterocycles. The molecule has 0 aromatic heterocycles. The van der Waals surface area contributed by atoms with Gasteiger partial charge in [0.15, 0.2) is 0 Å². The van der Waals surface area contributed by atoms with Crippen LogP contribution in [0, 0.1) is 11.3 Å². The molecule has 0 aliphatic rings. The minimum atomic E-state index is 0.0247. The number of nitriles is 1. The summed E-state index contributed by atoms with van der Waals surface area (Å²) in [5.74, 6) is 0.0247. The van der Waals surface area contributed by atoms with E-state index in [0.29, 0.717) is 13.0 Å². The van der Waals surface area contributed by atoms with Gasteiger partial charge >= 0.3 is 0 Å². The second-order valence-electron chi connectivity index (χ2n) is 4.00. The molecule has 4 heteroatoms. The van der Waals surface area contributed by atoms with Gasteiger partial charge < -0.3 is 5.32 Å². The van der Waals surface area contributed by atoms with Gasteiger partial charge in [0.2, 0.25) is 5.91 Å². The van der Waals surface area contributed by atoms with Gasteiger partial charge in [-0.25, -0.2) is 0 Å². The maximum absolute atomic E-state index is 11.5. The Bertz CT molecular complexity index is 234. The van der Waals surface area contributed by atoms with Crippen LogP contribution in [0.2, 0.25) is 0 Å². The largest absolute Gasteiger partial charge is 0.353 e. The normalized spacial score (nSPS) is 14.4. The molecular weight excluding hydrogens is 190 g/mol. The third-order valence-corrected chi connectivity index (χ3v) is 2.55. The van der Waals surface area contributed by atoms with E-state index in [9.17, 15) is 4.79 Å². The Hall–Kier alpha value is -1.08. The maximum atomic E-state index is 11.5. The highest BCUT2D eigenvalue weighted by Gasteiger charge is 2.13. The average Bonchev–Trinajstić information content (AvgIpc) is 2.17. The van der Waals surface area contributed by atoms with Crippen molar-refractivity contribution in [1.29, 1.82) is 5.26 Å². The topological polar surface area (TPSA) is 56.1 Å². The average molecular weight is 211 g/mol. The van der Waals surface area contributed by atoms with Crippen LogP contribution in [-0.2, 0) is 4.79 Å². The molecule has 1 N–H and O–H groups in total. The molecule has 86 valence electrons. The Balaban J connectivity index is 3.91. The standard InChI is InChI=1S/C11H21N3O/c1-5-9(2)13-11(15)8-14(4)10(3)6-7-12/h9-10H,5-6,8H2,1-4H3,(H,13,15). The molecular formula is C11H21N3O. The molecule has 0 heterocycles. The van der Waals surface area contributed by atoms with Gasteiger partial charge in [0.25, 0.3) is 0 Å². The van der Waals surface area contributed by atoms with Crippen molar-refractivity contribution in [2.24, 2.45) is 0 Å². The second-order valence-corrected chi connectivity index (χ2v) is 4.00. The van der Waals surface area contributed by atoms with Crippen LogP contribution in [-0.4, -0.2) is 36.5 Å². The van der Waals surface area contributed by atoms with Gasteiger partial charge in [-0.1, -0.05) is 6.92 Å². The van der Waals surface area contributed by atoms with Crippen LogP contribution in [0.1, 0.15) is 33.6 Å². The van der Waals surface area contributed by atoms with E-state index < -0.39 is 0 Å². The van der Waals surface area contributed by atoms with Crippen LogP contribution in [0.3, 0.4) is 0 Å². The smallest absolute Gasteiger partial charge is 0.234 e. The lowest BCUT2D eigenvalue weighted by Gasteiger charge is -2.22. The van der Waals surface area contributed by atoms with Gasteiger partial charge in [-0.2, -0.15) is 5.26 Å². The number of hydrogen-bond acceptors (Lipinski definition) is 3. The monoisotopic (exact) mass is 211 g/mol. The number of rotatable bonds is 6. The molecule has 0 fully saturated rings. The van der Waals surface area contributed by atoms with E-state index in [-0.39, 0.29) is 18.0 Å². The van der Waals surface area contributed by atoms with Crippen molar-refractivity contribution >= 4 is 5.91 Å². The van der Waals surface area contributed by atoms with Crippen molar-refractivity contribution in [2.75, 3.05) is 13.6 Å².